The number of phenols is 1. The summed E-state index contributed by atoms with van der Waals surface area (Å²) in [6.45, 7) is 4.58. The highest BCUT2D eigenvalue weighted by Crippen LogP contribution is 2.21. The summed E-state index contributed by atoms with van der Waals surface area (Å²) >= 11 is 0. The largest absolute Gasteiger partial charge is 0.507 e. The molecule has 0 saturated heterocycles. The number of rotatable bonds is 19. The second-order valence-electron chi connectivity index (χ2n) is 8.56. The number of hydrogen-bond acceptors (Lipinski definition) is 4. The van der Waals surface area contributed by atoms with E-state index < -0.39 is 12.0 Å². The van der Waals surface area contributed by atoms with Crippen molar-refractivity contribution in [2.75, 3.05) is 11.9 Å². The van der Waals surface area contributed by atoms with E-state index in [1.54, 1.807) is 0 Å². The summed E-state index contributed by atoms with van der Waals surface area (Å²) < 4.78 is 5.77. The molecule has 1 unspecified atom stereocenters. The van der Waals surface area contributed by atoms with Gasteiger partial charge in [0.15, 0.2) is 0 Å². The minimum atomic E-state index is -0.752. The molecule has 0 saturated carbocycles. The van der Waals surface area contributed by atoms with Crippen molar-refractivity contribution in [3.63, 3.8) is 0 Å². The summed E-state index contributed by atoms with van der Waals surface area (Å²) in [5, 5.41) is 12.4. The van der Waals surface area contributed by atoms with Gasteiger partial charge in [0, 0.05) is 12.3 Å². The molecule has 194 valence electrons. The van der Waals surface area contributed by atoms with E-state index in [1.807, 2.05) is 6.92 Å². The molecule has 0 radical (unpaired) electrons. The van der Waals surface area contributed by atoms with Crippen LogP contribution in [0.1, 0.15) is 94.8 Å². The number of benzene rings is 1. The van der Waals surface area contributed by atoms with Gasteiger partial charge in [0.1, 0.15) is 11.9 Å². The van der Waals surface area contributed by atoms with Crippen LogP contribution in [0.3, 0.4) is 0 Å². The lowest BCUT2D eigenvalue weighted by molar-refractivity contribution is -0.127. The Kier molecular flexibility index (Phi) is 16.8. The first kappa shape index (κ1) is 30.2. The Morgan fingerprint density at radius 2 is 1.57 bits per heavy atom. The third-order valence-electron chi connectivity index (χ3n) is 5.56. The van der Waals surface area contributed by atoms with Gasteiger partial charge >= 0.3 is 0 Å². The lowest BCUT2D eigenvalue weighted by Gasteiger charge is -2.16. The third kappa shape index (κ3) is 14.2. The zero-order valence-electron chi connectivity index (χ0n) is 21.5. The molecule has 0 heterocycles. The van der Waals surface area contributed by atoms with Gasteiger partial charge in [0.05, 0.1) is 5.56 Å². The van der Waals surface area contributed by atoms with Gasteiger partial charge < -0.3 is 20.9 Å². The highest BCUT2D eigenvalue weighted by Gasteiger charge is 2.18. The number of primary amides is 1. The number of hydrogen-bond donors (Lipinski definition) is 3. The summed E-state index contributed by atoms with van der Waals surface area (Å²) in [4.78, 5) is 23.8. The van der Waals surface area contributed by atoms with Crippen molar-refractivity contribution in [3.05, 3.63) is 60.2 Å². The van der Waals surface area contributed by atoms with Crippen molar-refractivity contribution < 1.29 is 19.4 Å². The van der Waals surface area contributed by atoms with Crippen LogP contribution in [0.15, 0.2) is 54.7 Å². The van der Waals surface area contributed by atoms with Crippen molar-refractivity contribution in [2.45, 2.75) is 90.6 Å². The molecule has 0 bridgehead atoms. The van der Waals surface area contributed by atoms with Crippen molar-refractivity contribution >= 4 is 17.5 Å². The summed E-state index contributed by atoms with van der Waals surface area (Å²) in [5.74, 6) is -1.24. The van der Waals surface area contributed by atoms with Gasteiger partial charge in [-0.05, 0) is 63.1 Å². The molecule has 1 atom stereocenters. The molecule has 0 fully saturated rings. The Bertz CT molecular complexity index is 830. The molecular formula is C29H44N2O4. The molecule has 35 heavy (non-hydrogen) atoms. The predicted octanol–water partition coefficient (Wildman–Crippen LogP) is 6.81. The number of ether oxygens (including phenoxy) is 1. The number of carbonyl (C=O) groups is 2. The van der Waals surface area contributed by atoms with Crippen LogP contribution in [0.4, 0.5) is 5.69 Å². The van der Waals surface area contributed by atoms with Gasteiger partial charge in [0.2, 0.25) is 0 Å². The highest BCUT2D eigenvalue weighted by atomic mass is 16.5. The van der Waals surface area contributed by atoms with Gasteiger partial charge in [-0.1, -0.05) is 76.0 Å². The normalized spacial score (nSPS) is 12.6. The second-order valence-corrected chi connectivity index (χ2v) is 8.56. The summed E-state index contributed by atoms with van der Waals surface area (Å²) in [7, 11) is 0. The third-order valence-corrected chi connectivity index (χ3v) is 5.56. The van der Waals surface area contributed by atoms with Crippen LogP contribution in [0.2, 0.25) is 0 Å². The number of unbranched alkanes of at least 4 members (excludes halogenated alkanes) is 6. The first-order chi connectivity index (χ1) is 17.0. The Morgan fingerprint density at radius 1 is 0.943 bits per heavy atom. The van der Waals surface area contributed by atoms with E-state index in [0.29, 0.717) is 18.7 Å². The first-order valence-corrected chi connectivity index (χ1v) is 13.0. The number of amides is 2. The average molecular weight is 485 g/mol. The van der Waals surface area contributed by atoms with E-state index in [4.69, 9.17) is 10.5 Å². The van der Waals surface area contributed by atoms with Gasteiger partial charge in [-0.15, -0.1) is 0 Å². The van der Waals surface area contributed by atoms with Crippen LogP contribution >= 0.6 is 0 Å². The minimum absolute atomic E-state index is 0.0315. The second kappa shape index (κ2) is 19.4. The fourth-order valence-corrected chi connectivity index (χ4v) is 3.54. The summed E-state index contributed by atoms with van der Waals surface area (Å²) in [5.41, 5.74) is 5.60. The fourth-order valence-electron chi connectivity index (χ4n) is 3.54. The molecular weight excluding hydrogens is 440 g/mol. The SMILES string of the molecule is CC/C=C\C/C=C\C/C=C\CCCCCCCCOC(CC)C(=O)Nc1ccc(O)c(C(N)=O)c1. The minimum Gasteiger partial charge on any atom is -0.507 e. The highest BCUT2D eigenvalue weighted by molar-refractivity contribution is 5.99. The van der Waals surface area contributed by atoms with E-state index in [2.05, 4.69) is 48.7 Å². The maximum Gasteiger partial charge on any atom is 0.253 e. The molecule has 1 aromatic rings. The lowest BCUT2D eigenvalue weighted by atomic mass is 10.1. The number of carbonyl (C=O) groups excluding carboxylic acids is 2. The molecule has 0 aliphatic rings. The Hall–Kier alpha value is -2.86. The quantitative estimate of drug-likeness (QED) is 0.114. The van der Waals surface area contributed by atoms with Gasteiger partial charge in [-0.25, -0.2) is 0 Å². The fraction of sp³-hybridized carbons (Fsp3) is 0.517. The van der Waals surface area contributed by atoms with Crippen molar-refractivity contribution in [1.29, 1.82) is 0 Å². The van der Waals surface area contributed by atoms with Crippen LogP contribution in [0.25, 0.3) is 0 Å². The molecule has 1 aromatic carbocycles. The Labute approximate surface area is 211 Å². The maximum absolute atomic E-state index is 12.5. The molecule has 0 spiro atoms. The maximum atomic E-state index is 12.5. The van der Waals surface area contributed by atoms with Crippen LogP contribution in [-0.4, -0.2) is 29.6 Å². The molecule has 4 N–H and O–H groups in total. The van der Waals surface area contributed by atoms with Gasteiger partial charge in [0.25, 0.3) is 11.8 Å². The van der Waals surface area contributed by atoms with Crippen molar-refractivity contribution in [3.8, 4) is 5.75 Å². The van der Waals surface area contributed by atoms with Crippen LogP contribution in [0.5, 0.6) is 5.75 Å². The molecule has 6 nitrogen and oxygen atoms in total. The van der Waals surface area contributed by atoms with E-state index in [9.17, 15) is 14.7 Å². The Morgan fingerprint density at radius 3 is 2.23 bits per heavy atom. The van der Waals surface area contributed by atoms with E-state index in [-0.39, 0.29) is 17.2 Å². The van der Waals surface area contributed by atoms with Crippen LogP contribution in [-0.2, 0) is 9.53 Å². The van der Waals surface area contributed by atoms with E-state index in [1.165, 1.54) is 43.9 Å². The van der Waals surface area contributed by atoms with Crippen molar-refractivity contribution in [2.24, 2.45) is 5.73 Å². The van der Waals surface area contributed by atoms with Crippen LogP contribution in [0, 0.1) is 0 Å². The van der Waals surface area contributed by atoms with Gasteiger partial charge in [-0.2, -0.15) is 0 Å². The standard InChI is InChI=1S/C29H44N2O4/c1-3-5-6-7-8-9-10-11-12-13-14-15-16-17-18-19-22-35-27(4-2)29(34)31-24-20-21-26(32)25(23-24)28(30)33/h5-6,8-9,11-12,20-21,23,27,32H,3-4,7,10,13-19,22H2,1-2H3,(H2,30,33)(H,31,34)/b6-5-,9-8-,12-11-. The first-order valence-electron chi connectivity index (χ1n) is 13.0. The lowest BCUT2D eigenvalue weighted by Crippen LogP contribution is -2.30. The molecule has 6 heteroatoms. The zero-order valence-corrected chi connectivity index (χ0v) is 21.5. The van der Waals surface area contributed by atoms with Crippen molar-refractivity contribution in [1.82, 2.24) is 0 Å². The van der Waals surface area contributed by atoms with E-state index in [0.717, 1.165) is 38.5 Å². The average Bonchev–Trinajstić information content (AvgIpc) is 2.84. The summed E-state index contributed by atoms with van der Waals surface area (Å²) in [6.07, 6.45) is 24.5. The molecule has 0 aliphatic heterocycles. The van der Waals surface area contributed by atoms with Crippen LogP contribution < -0.4 is 11.1 Å². The molecule has 1 rings (SSSR count). The Balaban J connectivity index is 2.11. The number of aromatic hydroxyl groups is 1. The zero-order chi connectivity index (χ0) is 25.7. The molecule has 0 aliphatic carbocycles. The topological polar surface area (TPSA) is 102 Å². The number of allylic oxidation sites excluding steroid dienone is 6. The number of nitrogens with one attached hydrogen (secondary N) is 1. The molecule has 0 aromatic heterocycles. The number of anilines is 1. The monoisotopic (exact) mass is 484 g/mol. The smallest absolute Gasteiger partial charge is 0.253 e. The molecule has 2 amide bonds. The van der Waals surface area contributed by atoms with Gasteiger partial charge in [-0.3, -0.25) is 9.59 Å². The number of nitrogens with two attached hydrogens (primary N) is 1. The van der Waals surface area contributed by atoms with E-state index >= 15 is 0 Å². The summed E-state index contributed by atoms with van der Waals surface area (Å²) in [6, 6.07) is 4.22. The predicted molar refractivity (Wildman–Crippen MR) is 145 cm³/mol.